The van der Waals surface area contributed by atoms with Crippen LogP contribution in [0.3, 0.4) is 0 Å². The molecule has 0 amide bonds. The van der Waals surface area contributed by atoms with Crippen LogP contribution >= 0.6 is 0 Å². The third-order valence-corrected chi connectivity index (χ3v) is 2.15. The van der Waals surface area contributed by atoms with Crippen LogP contribution in [0.4, 0.5) is 0 Å². The molecular formula is C9H10. The maximum atomic E-state index is 2.28. The summed E-state index contributed by atoms with van der Waals surface area (Å²) in [6.45, 7) is 2.12. The molecule has 0 aliphatic heterocycles. The van der Waals surface area contributed by atoms with Gasteiger partial charge in [-0.2, -0.15) is 0 Å². The van der Waals surface area contributed by atoms with Gasteiger partial charge in [0.1, 0.15) is 0 Å². The molecule has 0 heterocycles. The predicted molar refractivity (Wildman–Crippen MR) is 39.0 cm³/mol. The second-order valence-electron chi connectivity index (χ2n) is 2.61. The number of hydrogen-bond donors (Lipinski definition) is 0. The molecule has 0 unspecified atom stereocenters. The van der Waals surface area contributed by atoms with Crippen molar-refractivity contribution in [2.45, 2.75) is 6.92 Å². The lowest BCUT2D eigenvalue weighted by Crippen LogP contribution is -1.89. The van der Waals surface area contributed by atoms with Crippen LogP contribution < -0.4 is 0 Å². The molecule has 0 saturated heterocycles. The largest absolute Gasteiger partial charge is 0.0866 e. The third-order valence-electron chi connectivity index (χ3n) is 2.15. The standard InChI is InChI=1S/C9H10/c1-2-9-7-3-4-8(9)6-5-7/h2-8H,1H3. The van der Waals surface area contributed by atoms with Crippen LogP contribution in [-0.2, 0) is 0 Å². The maximum Gasteiger partial charge on any atom is 0.0167 e. The van der Waals surface area contributed by atoms with Gasteiger partial charge in [-0.3, -0.25) is 0 Å². The van der Waals surface area contributed by atoms with Gasteiger partial charge in [0.2, 0.25) is 0 Å². The Morgan fingerprint density at radius 3 is 1.78 bits per heavy atom. The predicted octanol–water partition coefficient (Wildman–Crippen LogP) is 2.30. The molecule has 0 aromatic carbocycles. The lowest BCUT2D eigenvalue weighted by molar-refractivity contribution is 0.953. The molecule has 2 bridgehead atoms. The van der Waals surface area contributed by atoms with E-state index < -0.39 is 0 Å². The molecule has 46 valence electrons. The van der Waals surface area contributed by atoms with Crippen molar-refractivity contribution in [2.75, 3.05) is 0 Å². The Labute approximate surface area is 55.6 Å². The lowest BCUT2D eigenvalue weighted by atomic mass is 10.0. The Hall–Kier alpha value is -0.780. The average Bonchev–Trinajstić information content (AvgIpc) is 2.44. The highest BCUT2D eigenvalue weighted by Gasteiger charge is 2.25. The number of allylic oxidation sites excluding steroid dienone is 6. The van der Waals surface area contributed by atoms with Crippen molar-refractivity contribution in [3.63, 3.8) is 0 Å². The summed E-state index contributed by atoms with van der Waals surface area (Å²) in [7, 11) is 0. The Bertz CT molecular complexity index is 174. The SMILES string of the molecule is CC=C1C2C=CC1C=C2. The molecule has 0 aromatic heterocycles. The molecule has 0 nitrogen and oxygen atoms in total. The molecule has 0 fully saturated rings. The summed E-state index contributed by atoms with van der Waals surface area (Å²) in [6, 6.07) is 0. The number of hydrogen-bond acceptors (Lipinski definition) is 0. The summed E-state index contributed by atoms with van der Waals surface area (Å²) in [5.41, 5.74) is 1.56. The lowest BCUT2D eigenvalue weighted by Gasteiger charge is -2.00. The van der Waals surface area contributed by atoms with Crippen LogP contribution in [0.5, 0.6) is 0 Å². The van der Waals surface area contributed by atoms with E-state index in [-0.39, 0.29) is 0 Å². The quantitative estimate of drug-likeness (QED) is 0.428. The first-order valence-corrected chi connectivity index (χ1v) is 3.44. The summed E-state index contributed by atoms with van der Waals surface area (Å²) < 4.78 is 0. The Balaban J connectivity index is 2.40. The monoisotopic (exact) mass is 118 g/mol. The molecule has 2 rings (SSSR count). The van der Waals surface area contributed by atoms with Crippen LogP contribution in [-0.4, -0.2) is 0 Å². The fraction of sp³-hybridized carbons (Fsp3) is 0.333. The topological polar surface area (TPSA) is 0 Å². The maximum absolute atomic E-state index is 2.28. The minimum absolute atomic E-state index is 0.653. The highest BCUT2D eigenvalue weighted by atomic mass is 14.3. The van der Waals surface area contributed by atoms with Gasteiger partial charge in [-0.1, -0.05) is 36.0 Å². The van der Waals surface area contributed by atoms with Crippen LogP contribution in [0.2, 0.25) is 0 Å². The highest BCUT2D eigenvalue weighted by molar-refractivity contribution is 5.41. The van der Waals surface area contributed by atoms with E-state index in [2.05, 4.69) is 37.3 Å². The van der Waals surface area contributed by atoms with Crippen molar-refractivity contribution < 1.29 is 0 Å². The molecule has 2 aliphatic carbocycles. The van der Waals surface area contributed by atoms with Gasteiger partial charge >= 0.3 is 0 Å². The molecule has 0 heteroatoms. The van der Waals surface area contributed by atoms with Crippen molar-refractivity contribution in [3.8, 4) is 0 Å². The van der Waals surface area contributed by atoms with Crippen LogP contribution in [0.15, 0.2) is 36.0 Å². The zero-order chi connectivity index (χ0) is 6.27. The first-order valence-electron chi connectivity index (χ1n) is 3.44. The van der Waals surface area contributed by atoms with E-state index in [9.17, 15) is 0 Å². The zero-order valence-corrected chi connectivity index (χ0v) is 5.54. The van der Waals surface area contributed by atoms with Crippen molar-refractivity contribution in [1.29, 1.82) is 0 Å². The van der Waals surface area contributed by atoms with Crippen LogP contribution in [0.1, 0.15) is 6.92 Å². The smallest absolute Gasteiger partial charge is 0.0167 e. The molecular weight excluding hydrogens is 108 g/mol. The molecule has 0 atom stereocenters. The van der Waals surface area contributed by atoms with E-state index in [1.165, 1.54) is 0 Å². The summed E-state index contributed by atoms with van der Waals surface area (Å²) >= 11 is 0. The van der Waals surface area contributed by atoms with Gasteiger partial charge in [0.05, 0.1) is 0 Å². The fourth-order valence-electron chi connectivity index (χ4n) is 1.66. The molecule has 0 saturated carbocycles. The average molecular weight is 118 g/mol. The molecule has 0 spiro atoms. The van der Waals surface area contributed by atoms with Gasteiger partial charge in [-0.25, -0.2) is 0 Å². The number of fused-ring (bicyclic) bond motifs is 2. The number of rotatable bonds is 0. The Morgan fingerprint density at radius 1 is 1.11 bits per heavy atom. The molecule has 0 N–H and O–H groups in total. The zero-order valence-electron chi connectivity index (χ0n) is 5.54. The van der Waals surface area contributed by atoms with E-state index >= 15 is 0 Å². The Morgan fingerprint density at radius 2 is 1.56 bits per heavy atom. The molecule has 0 radical (unpaired) electrons. The normalized spacial score (nSPS) is 36.3. The minimum atomic E-state index is 0.653. The second-order valence-corrected chi connectivity index (χ2v) is 2.61. The van der Waals surface area contributed by atoms with E-state index in [4.69, 9.17) is 0 Å². The highest BCUT2D eigenvalue weighted by Crippen LogP contribution is 2.37. The summed E-state index contributed by atoms with van der Waals surface area (Å²) in [4.78, 5) is 0. The second kappa shape index (κ2) is 1.60. The molecule has 2 aliphatic rings. The Kier molecular flexibility index (Phi) is 0.895. The molecule has 9 heavy (non-hydrogen) atoms. The third kappa shape index (κ3) is 0.533. The molecule has 0 aromatic rings. The summed E-state index contributed by atoms with van der Waals surface area (Å²) in [6.07, 6.45) is 11.3. The van der Waals surface area contributed by atoms with Gasteiger partial charge < -0.3 is 0 Å². The van der Waals surface area contributed by atoms with Crippen LogP contribution in [0.25, 0.3) is 0 Å². The first-order chi connectivity index (χ1) is 4.42. The summed E-state index contributed by atoms with van der Waals surface area (Å²) in [5.74, 6) is 1.31. The minimum Gasteiger partial charge on any atom is -0.0866 e. The van der Waals surface area contributed by atoms with Gasteiger partial charge in [0, 0.05) is 11.8 Å². The van der Waals surface area contributed by atoms with Crippen LogP contribution in [0, 0.1) is 11.8 Å². The van der Waals surface area contributed by atoms with Crippen molar-refractivity contribution in [3.05, 3.63) is 36.0 Å². The van der Waals surface area contributed by atoms with E-state index in [1.807, 2.05) is 0 Å². The van der Waals surface area contributed by atoms with Gasteiger partial charge in [-0.15, -0.1) is 0 Å². The summed E-state index contributed by atoms with van der Waals surface area (Å²) in [5, 5.41) is 0. The van der Waals surface area contributed by atoms with Gasteiger partial charge in [-0.05, 0) is 6.92 Å². The van der Waals surface area contributed by atoms with E-state index in [1.54, 1.807) is 5.57 Å². The van der Waals surface area contributed by atoms with Crippen molar-refractivity contribution in [1.82, 2.24) is 0 Å². The van der Waals surface area contributed by atoms with Crippen molar-refractivity contribution >= 4 is 0 Å². The fourth-order valence-corrected chi connectivity index (χ4v) is 1.66. The van der Waals surface area contributed by atoms with Crippen molar-refractivity contribution in [2.24, 2.45) is 11.8 Å². The van der Waals surface area contributed by atoms with Gasteiger partial charge in [0.25, 0.3) is 0 Å². The first kappa shape index (κ1) is 5.04. The van der Waals surface area contributed by atoms with Gasteiger partial charge in [0.15, 0.2) is 0 Å². The van der Waals surface area contributed by atoms with E-state index in [0.717, 1.165) is 0 Å². The van der Waals surface area contributed by atoms with E-state index in [0.29, 0.717) is 11.8 Å².